The van der Waals surface area contributed by atoms with E-state index in [-0.39, 0.29) is 11.9 Å². The van der Waals surface area contributed by atoms with Gasteiger partial charge in [0, 0.05) is 12.6 Å². The Labute approximate surface area is 87.7 Å². The molecule has 15 heavy (non-hydrogen) atoms. The van der Waals surface area contributed by atoms with Crippen molar-refractivity contribution in [2.45, 2.75) is 26.4 Å². The highest BCUT2D eigenvalue weighted by molar-refractivity contribution is 5.82. The van der Waals surface area contributed by atoms with Crippen molar-refractivity contribution in [2.24, 2.45) is 5.73 Å². The second-order valence-corrected chi connectivity index (χ2v) is 3.82. The minimum atomic E-state index is -0.250. The molecule has 0 aliphatic rings. The van der Waals surface area contributed by atoms with Crippen molar-refractivity contribution in [3.05, 3.63) is 29.7 Å². The van der Waals surface area contributed by atoms with Gasteiger partial charge in [-0.25, -0.2) is 4.39 Å². The number of nitrogens with two attached hydrogens (primary N) is 1. The van der Waals surface area contributed by atoms with E-state index in [1.54, 1.807) is 16.8 Å². The van der Waals surface area contributed by atoms with Gasteiger partial charge in [-0.15, -0.1) is 0 Å². The summed E-state index contributed by atoms with van der Waals surface area (Å²) in [7, 11) is 0. The largest absolute Gasteiger partial charge is 0.325 e. The molecule has 2 rings (SSSR count). The van der Waals surface area contributed by atoms with E-state index in [1.165, 1.54) is 6.07 Å². The molecule has 0 bridgehead atoms. The molecular formula is C11H14FN3. The Balaban J connectivity index is 2.80. The van der Waals surface area contributed by atoms with E-state index in [9.17, 15) is 4.39 Å². The average Bonchev–Trinajstić information content (AvgIpc) is 2.57. The van der Waals surface area contributed by atoms with Crippen LogP contribution in [0.15, 0.2) is 18.2 Å². The van der Waals surface area contributed by atoms with Gasteiger partial charge in [-0.1, -0.05) is 6.07 Å². The molecule has 80 valence electrons. The summed E-state index contributed by atoms with van der Waals surface area (Å²) in [6.45, 7) is 4.31. The number of benzene rings is 1. The molecule has 0 spiro atoms. The Bertz CT molecular complexity index is 488. The van der Waals surface area contributed by atoms with Gasteiger partial charge < -0.3 is 5.73 Å². The molecule has 0 amide bonds. The van der Waals surface area contributed by atoms with Crippen LogP contribution in [0.5, 0.6) is 0 Å². The van der Waals surface area contributed by atoms with E-state index >= 15 is 0 Å². The molecule has 3 nitrogen and oxygen atoms in total. The van der Waals surface area contributed by atoms with Crippen molar-refractivity contribution in [3.8, 4) is 0 Å². The molecule has 0 aliphatic carbocycles. The first-order valence-electron chi connectivity index (χ1n) is 5.00. The van der Waals surface area contributed by atoms with Crippen LogP contribution in [-0.2, 0) is 6.54 Å². The number of hydrogen-bond acceptors (Lipinski definition) is 2. The third-order valence-electron chi connectivity index (χ3n) is 2.45. The summed E-state index contributed by atoms with van der Waals surface area (Å²) < 4.78 is 15.4. The Kier molecular flexibility index (Phi) is 2.44. The lowest BCUT2D eigenvalue weighted by atomic mass is 10.2. The second kappa shape index (κ2) is 3.62. The number of fused-ring (bicyclic) bond motifs is 1. The summed E-state index contributed by atoms with van der Waals surface area (Å²) in [5.41, 5.74) is 7.07. The molecule has 1 heterocycles. The summed E-state index contributed by atoms with van der Waals surface area (Å²) >= 11 is 0. The third-order valence-corrected chi connectivity index (χ3v) is 2.45. The lowest BCUT2D eigenvalue weighted by Gasteiger charge is -2.09. The molecule has 4 heteroatoms. The van der Waals surface area contributed by atoms with Crippen molar-refractivity contribution in [1.29, 1.82) is 0 Å². The predicted octanol–water partition coefficient (Wildman–Crippen LogP) is 2.22. The van der Waals surface area contributed by atoms with E-state index in [4.69, 9.17) is 5.73 Å². The van der Waals surface area contributed by atoms with Gasteiger partial charge in [0.2, 0.25) is 0 Å². The Morgan fingerprint density at radius 3 is 2.80 bits per heavy atom. The molecule has 2 aromatic rings. The topological polar surface area (TPSA) is 43.8 Å². The molecule has 1 aromatic carbocycles. The smallest absolute Gasteiger partial charge is 0.134 e. The highest BCUT2D eigenvalue weighted by Crippen LogP contribution is 2.23. The van der Waals surface area contributed by atoms with Gasteiger partial charge in [0.1, 0.15) is 5.82 Å². The van der Waals surface area contributed by atoms with Gasteiger partial charge in [-0.2, -0.15) is 5.10 Å². The minimum absolute atomic E-state index is 0.190. The van der Waals surface area contributed by atoms with E-state index in [1.807, 2.05) is 13.8 Å². The van der Waals surface area contributed by atoms with Crippen LogP contribution in [0.25, 0.3) is 10.9 Å². The molecule has 0 radical (unpaired) electrons. The Morgan fingerprint density at radius 2 is 2.20 bits per heavy atom. The molecule has 0 saturated heterocycles. The van der Waals surface area contributed by atoms with Crippen LogP contribution in [0.2, 0.25) is 0 Å². The number of halogens is 1. The summed E-state index contributed by atoms with van der Waals surface area (Å²) in [5.74, 6) is -0.250. The van der Waals surface area contributed by atoms with Crippen LogP contribution >= 0.6 is 0 Å². The SMILES string of the molecule is CC(C)n1nc2cccc(F)c2c1CN. The number of nitrogens with zero attached hydrogens (tertiary/aromatic N) is 2. The fraction of sp³-hybridized carbons (Fsp3) is 0.364. The quantitative estimate of drug-likeness (QED) is 0.820. The van der Waals surface area contributed by atoms with Crippen LogP contribution in [-0.4, -0.2) is 9.78 Å². The van der Waals surface area contributed by atoms with Crippen LogP contribution < -0.4 is 5.73 Å². The zero-order chi connectivity index (χ0) is 11.0. The maximum absolute atomic E-state index is 13.6. The molecule has 0 saturated carbocycles. The molecular weight excluding hydrogens is 193 g/mol. The van der Waals surface area contributed by atoms with Gasteiger partial charge in [0.05, 0.1) is 16.6 Å². The van der Waals surface area contributed by atoms with E-state index < -0.39 is 0 Å². The van der Waals surface area contributed by atoms with Crippen molar-refractivity contribution in [2.75, 3.05) is 0 Å². The average molecular weight is 207 g/mol. The van der Waals surface area contributed by atoms with Gasteiger partial charge in [0.25, 0.3) is 0 Å². The second-order valence-electron chi connectivity index (χ2n) is 3.82. The van der Waals surface area contributed by atoms with Crippen molar-refractivity contribution in [3.63, 3.8) is 0 Å². The summed E-state index contributed by atoms with van der Waals surface area (Å²) in [6, 6.07) is 5.09. The van der Waals surface area contributed by atoms with Crippen LogP contribution in [0.1, 0.15) is 25.6 Å². The molecule has 1 aromatic heterocycles. The fourth-order valence-corrected chi connectivity index (χ4v) is 1.80. The number of hydrogen-bond donors (Lipinski definition) is 1. The maximum Gasteiger partial charge on any atom is 0.134 e. The van der Waals surface area contributed by atoms with E-state index in [2.05, 4.69) is 5.10 Å². The molecule has 0 atom stereocenters. The molecule has 2 N–H and O–H groups in total. The van der Waals surface area contributed by atoms with Gasteiger partial charge in [-0.3, -0.25) is 4.68 Å². The van der Waals surface area contributed by atoms with E-state index in [0.717, 1.165) is 5.69 Å². The Morgan fingerprint density at radius 1 is 1.47 bits per heavy atom. The Hall–Kier alpha value is -1.42. The third kappa shape index (κ3) is 1.51. The zero-order valence-corrected chi connectivity index (χ0v) is 8.87. The summed E-state index contributed by atoms with van der Waals surface area (Å²) in [5, 5.41) is 4.89. The first-order valence-corrected chi connectivity index (χ1v) is 5.00. The number of rotatable bonds is 2. The predicted molar refractivity (Wildman–Crippen MR) is 58.0 cm³/mol. The lowest BCUT2D eigenvalue weighted by molar-refractivity contribution is 0.514. The molecule has 0 fully saturated rings. The van der Waals surface area contributed by atoms with Crippen LogP contribution in [0.3, 0.4) is 0 Å². The van der Waals surface area contributed by atoms with E-state index in [0.29, 0.717) is 17.4 Å². The van der Waals surface area contributed by atoms with Gasteiger partial charge in [0.15, 0.2) is 0 Å². The molecule has 0 unspecified atom stereocenters. The van der Waals surface area contributed by atoms with Gasteiger partial charge in [-0.05, 0) is 26.0 Å². The summed E-state index contributed by atoms with van der Waals surface area (Å²) in [6.07, 6.45) is 0. The minimum Gasteiger partial charge on any atom is -0.325 e. The maximum atomic E-state index is 13.6. The van der Waals surface area contributed by atoms with Crippen molar-refractivity contribution >= 4 is 10.9 Å². The normalized spacial score (nSPS) is 11.5. The fourth-order valence-electron chi connectivity index (χ4n) is 1.80. The monoisotopic (exact) mass is 207 g/mol. The zero-order valence-electron chi connectivity index (χ0n) is 8.87. The standard InChI is InChI=1S/C11H14FN3/c1-7(2)15-10(6-13)11-8(12)4-3-5-9(11)14-15/h3-5,7H,6,13H2,1-2H3. The molecule has 0 aliphatic heterocycles. The van der Waals surface area contributed by atoms with Gasteiger partial charge >= 0.3 is 0 Å². The highest BCUT2D eigenvalue weighted by atomic mass is 19.1. The number of aromatic nitrogens is 2. The first-order chi connectivity index (χ1) is 7.15. The highest BCUT2D eigenvalue weighted by Gasteiger charge is 2.14. The van der Waals surface area contributed by atoms with Crippen LogP contribution in [0.4, 0.5) is 4.39 Å². The summed E-state index contributed by atoms with van der Waals surface area (Å²) in [4.78, 5) is 0. The van der Waals surface area contributed by atoms with Crippen molar-refractivity contribution in [1.82, 2.24) is 9.78 Å². The first kappa shape index (κ1) is 10.1. The van der Waals surface area contributed by atoms with Crippen molar-refractivity contribution < 1.29 is 4.39 Å². The van der Waals surface area contributed by atoms with Crippen LogP contribution in [0, 0.1) is 5.82 Å². The lowest BCUT2D eigenvalue weighted by Crippen LogP contribution is -2.11.